The summed E-state index contributed by atoms with van der Waals surface area (Å²) in [7, 11) is 0. The molecule has 0 aliphatic carbocycles. The number of benzene rings is 1. The molecule has 0 atom stereocenters. The third-order valence-corrected chi connectivity index (χ3v) is 4.07. The molecule has 1 N–H and O–H groups in total. The van der Waals surface area contributed by atoms with Gasteiger partial charge in [0.1, 0.15) is 12.4 Å². The fraction of sp³-hybridized carbons (Fsp3) is 0.526. The molecule has 4 nitrogen and oxygen atoms in total. The van der Waals surface area contributed by atoms with E-state index in [9.17, 15) is 4.79 Å². The van der Waals surface area contributed by atoms with Crippen LogP contribution in [0.15, 0.2) is 24.3 Å². The van der Waals surface area contributed by atoms with Gasteiger partial charge in [0.2, 0.25) is 5.91 Å². The molecular weight excluding hydrogens is 288 g/mol. The zero-order valence-electron chi connectivity index (χ0n) is 13.7. The first-order chi connectivity index (χ1) is 11.3. The number of nitrogens with zero attached hydrogens (tertiary/aromatic N) is 1. The molecule has 0 bridgehead atoms. The molecule has 1 aromatic carbocycles. The van der Waals surface area contributed by atoms with Gasteiger partial charge in [0.15, 0.2) is 0 Å². The summed E-state index contributed by atoms with van der Waals surface area (Å²) in [5.41, 5.74) is 1.06. The lowest BCUT2D eigenvalue weighted by Crippen LogP contribution is -2.33. The van der Waals surface area contributed by atoms with Crippen LogP contribution in [0.5, 0.6) is 5.75 Å². The van der Waals surface area contributed by atoms with Crippen molar-refractivity contribution in [2.45, 2.75) is 38.6 Å². The predicted molar refractivity (Wildman–Crippen MR) is 92.1 cm³/mol. The average molecular weight is 314 g/mol. The Morgan fingerprint density at radius 3 is 2.70 bits per heavy atom. The summed E-state index contributed by atoms with van der Waals surface area (Å²) < 4.78 is 5.52. The second-order valence-corrected chi connectivity index (χ2v) is 5.82. The molecule has 0 unspecified atom stereocenters. The zero-order chi connectivity index (χ0) is 16.3. The second-order valence-electron chi connectivity index (χ2n) is 5.82. The van der Waals surface area contributed by atoms with Gasteiger partial charge in [-0.2, -0.15) is 0 Å². The lowest BCUT2D eigenvalue weighted by molar-refractivity contribution is -0.131. The molecule has 0 spiro atoms. The van der Waals surface area contributed by atoms with E-state index in [1.165, 1.54) is 12.8 Å². The highest BCUT2D eigenvalue weighted by atomic mass is 16.5. The Labute approximate surface area is 139 Å². The molecule has 1 saturated heterocycles. The first-order valence-electron chi connectivity index (χ1n) is 8.44. The molecule has 4 heteroatoms. The van der Waals surface area contributed by atoms with Crippen LogP contribution in [-0.2, 0) is 11.3 Å². The third kappa shape index (κ3) is 5.96. The molecule has 23 heavy (non-hydrogen) atoms. The average Bonchev–Trinajstić information content (AvgIpc) is 2.87. The maximum atomic E-state index is 12.2. The Kier molecular flexibility index (Phi) is 7.48. The highest BCUT2D eigenvalue weighted by Crippen LogP contribution is 2.17. The number of amides is 1. The van der Waals surface area contributed by atoms with Crippen LogP contribution in [0.2, 0.25) is 0 Å². The zero-order valence-corrected chi connectivity index (χ0v) is 13.7. The van der Waals surface area contributed by atoms with Crippen LogP contribution in [0.25, 0.3) is 0 Å². The maximum absolute atomic E-state index is 12.2. The summed E-state index contributed by atoms with van der Waals surface area (Å²) in [5, 5.41) is 3.32. The minimum absolute atomic E-state index is 0.260. The molecule has 124 valence electrons. The van der Waals surface area contributed by atoms with E-state index in [1.807, 2.05) is 29.2 Å². The number of terminal acetylenes is 1. The van der Waals surface area contributed by atoms with Crippen molar-refractivity contribution in [3.05, 3.63) is 29.8 Å². The Hall–Kier alpha value is -1.99. The van der Waals surface area contributed by atoms with Crippen molar-refractivity contribution < 1.29 is 9.53 Å². The number of likely N-dealkylation sites (tertiary alicyclic amines) is 1. The summed E-state index contributed by atoms with van der Waals surface area (Å²) in [5.74, 6) is 3.54. The maximum Gasteiger partial charge on any atom is 0.223 e. The van der Waals surface area contributed by atoms with Crippen LogP contribution < -0.4 is 10.1 Å². The van der Waals surface area contributed by atoms with Gasteiger partial charge < -0.3 is 15.0 Å². The molecule has 1 aliphatic rings. The number of para-hydroxylation sites is 1. The normalized spacial score (nSPS) is 14.8. The highest BCUT2D eigenvalue weighted by molar-refractivity contribution is 5.76. The van der Waals surface area contributed by atoms with Gasteiger partial charge in [0, 0.05) is 38.2 Å². The number of rotatable bonds is 7. The number of carbonyl (C=O) groups excluding carboxylic acids is 1. The smallest absolute Gasteiger partial charge is 0.223 e. The SMILES string of the molecule is C#CCOc1ccccc1CNCCC(=O)N1CCCCCC1. The van der Waals surface area contributed by atoms with Crippen molar-refractivity contribution in [2.75, 3.05) is 26.2 Å². The van der Waals surface area contributed by atoms with Crippen LogP contribution in [0.1, 0.15) is 37.7 Å². The van der Waals surface area contributed by atoms with Crippen molar-refractivity contribution >= 4 is 5.91 Å². The summed E-state index contributed by atoms with van der Waals surface area (Å²) in [4.78, 5) is 14.2. The summed E-state index contributed by atoms with van der Waals surface area (Å²) in [6.07, 6.45) is 10.5. The number of hydrogen-bond acceptors (Lipinski definition) is 3. The summed E-state index contributed by atoms with van der Waals surface area (Å²) in [6, 6.07) is 7.83. The first kappa shape index (κ1) is 17.4. The largest absolute Gasteiger partial charge is 0.481 e. The monoisotopic (exact) mass is 314 g/mol. The molecule has 1 fully saturated rings. The van der Waals surface area contributed by atoms with Gasteiger partial charge in [0.25, 0.3) is 0 Å². The fourth-order valence-corrected chi connectivity index (χ4v) is 2.81. The van der Waals surface area contributed by atoms with Crippen LogP contribution in [-0.4, -0.2) is 37.0 Å². The van der Waals surface area contributed by atoms with E-state index in [-0.39, 0.29) is 12.5 Å². The Bertz CT molecular complexity index is 528. The Balaban J connectivity index is 1.72. The van der Waals surface area contributed by atoms with E-state index >= 15 is 0 Å². The quantitative estimate of drug-likeness (QED) is 0.621. The van der Waals surface area contributed by atoms with Crippen molar-refractivity contribution in [1.29, 1.82) is 0 Å². The van der Waals surface area contributed by atoms with Gasteiger partial charge in [-0.05, 0) is 18.9 Å². The van der Waals surface area contributed by atoms with Gasteiger partial charge in [-0.1, -0.05) is 37.0 Å². The molecule has 0 radical (unpaired) electrons. The minimum Gasteiger partial charge on any atom is -0.481 e. The number of carbonyl (C=O) groups is 1. The molecular formula is C19H26N2O2. The van der Waals surface area contributed by atoms with E-state index < -0.39 is 0 Å². The number of nitrogens with one attached hydrogen (secondary N) is 1. The van der Waals surface area contributed by atoms with Crippen LogP contribution in [0, 0.1) is 12.3 Å². The molecule has 1 amide bonds. The van der Waals surface area contributed by atoms with Gasteiger partial charge in [0.05, 0.1) is 0 Å². The predicted octanol–water partition coefficient (Wildman–Crippen LogP) is 2.58. The number of hydrogen-bond donors (Lipinski definition) is 1. The van der Waals surface area contributed by atoms with Gasteiger partial charge in [-0.25, -0.2) is 0 Å². The van der Waals surface area contributed by atoms with Gasteiger partial charge >= 0.3 is 0 Å². The van der Waals surface area contributed by atoms with Gasteiger partial charge in [-0.3, -0.25) is 4.79 Å². The van der Waals surface area contributed by atoms with Crippen LogP contribution in [0.3, 0.4) is 0 Å². The summed E-state index contributed by atoms with van der Waals surface area (Å²) >= 11 is 0. The lowest BCUT2D eigenvalue weighted by atomic mass is 10.2. The van der Waals surface area contributed by atoms with Crippen molar-refractivity contribution in [3.63, 3.8) is 0 Å². The second kappa shape index (κ2) is 9.91. The van der Waals surface area contributed by atoms with E-state index in [1.54, 1.807) is 0 Å². The minimum atomic E-state index is 0.260. The molecule has 0 saturated carbocycles. The molecule has 1 heterocycles. The lowest BCUT2D eigenvalue weighted by Gasteiger charge is -2.20. The Morgan fingerprint density at radius 2 is 1.96 bits per heavy atom. The molecule has 0 aromatic heterocycles. The van der Waals surface area contributed by atoms with Crippen LogP contribution in [0.4, 0.5) is 0 Å². The standard InChI is InChI=1S/C19H26N2O2/c1-2-15-23-18-10-6-5-9-17(18)16-20-12-11-19(22)21-13-7-3-4-8-14-21/h1,5-6,9-10,20H,3-4,7-8,11-16H2. The highest BCUT2D eigenvalue weighted by Gasteiger charge is 2.14. The summed E-state index contributed by atoms with van der Waals surface area (Å²) in [6.45, 7) is 3.46. The topological polar surface area (TPSA) is 41.6 Å². The van der Waals surface area contributed by atoms with E-state index in [2.05, 4.69) is 11.2 Å². The van der Waals surface area contributed by atoms with E-state index in [4.69, 9.17) is 11.2 Å². The Morgan fingerprint density at radius 1 is 1.22 bits per heavy atom. The number of ether oxygens (including phenoxy) is 1. The van der Waals surface area contributed by atoms with E-state index in [0.717, 1.165) is 37.2 Å². The van der Waals surface area contributed by atoms with Crippen molar-refractivity contribution in [2.24, 2.45) is 0 Å². The van der Waals surface area contributed by atoms with Gasteiger partial charge in [-0.15, -0.1) is 6.42 Å². The van der Waals surface area contributed by atoms with Crippen LogP contribution >= 0.6 is 0 Å². The fourth-order valence-electron chi connectivity index (χ4n) is 2.81. The van der Waals surface area contributed by atoms with E-state index in [0.29, 0.717) is 19.5 Å². The third-order valence-electron chi connectivity index (χ3n) is 4.07. The molecule has 2 rings (SSSR count). The van der Waals surface area contributed by atoms with Crippen molar-refractivity contribution in [3.8, 4) is 18.1 Å². The van der Waals surface area contributed by atoms with Crippen molar-refractivity contribution in [1.82, 2.24) is 10.2 Å². The first-order valence-corrected chi connectivity index (χ1v) is 8.44. The molecule has 1 aliphatic heterocycles. The molecule has 1 aromatic rings.